The van der Waals surface area contributed by atoms with Crippen LogP contribution in [-0.4, -0.2) is 47.4 Å². The van der Waals surface area contributed by atoms with Crippen molar-refractivity contribution in [1.29, 1.82) is 0 Å². The molecule has 0 aliphatic carbocycles. The highest BCUT2D eigenvalue weighted by molar-refractivity contribution is 5.88. The maximum atomic E-state index is 12.3. The average Bonchev–Trinajstić information content (AvgIpc) is 2.65. The van der Waals surface area contributed by atoms with Crippen LogP contribution in [0.4, 0.5) is 0 Å². The van der Waals surface area contributed by atoms with Gasteiger partial charge in [-0.05, 0) is 11.1 Å². The molecule has 0 saturated heterocycles. The SMILES string of the molecule is CN(C(=O)CNC(=O)Cc1ccccc1)C(Cc1ccccc1)C(=O)O. The fourth-order valence-corrected chi connectivity index (χ4v) is 2.54. The molecule has 6 nitrogen and oxygen atoms in total. The molecule has 136 valence electrons. The van der Waals surface area contributed by atoms with Crippen molar-refractivity contribution in [2.45, 2.75) is 18.9 Å². The third kappa shape index (κ3) is 5.73. The van der Waals surface area contributed by atoms with Gasteiger partial charge in [-0.1, -0.05) is 60.7 Å². The largest absolute Gasteiger partial charge is 0.480 e. The molecule has 2 aromatic rings. The number of carboxylic acids is 1. The number of likely N-dealkylation sites (N-methyl/N-ethyl adjacent to an activating group) is 1. The Kier molecular flexibility index (Phi) is 6.91. The third-order valence-corrected chi connectivity index (χ3v) is 4.06. The molecule has 0 saturated carbocycles. The Hall–Kier alpha value is -3.15. The fourth-order valence-electron chi connectivity index (χ4n) is 2.54. The lowest BCUT2D eigenvalue weighted by atomic mass is 10.0. The molecule has 6 heteroatoms. The molecule has 0 spiro atoms. The molecule has 26 heavy (non-hydrogen) atoms. The summed E-state index contributed by atoms with van der Waals surface area (Å²) in [6, 6.07) is 17.3. The van der Waals surface area contributed by atoms with E-state index in [0.717, 1.165) is 16.0 Å². The molecular weight excluding hydrogens is 332 g/mol. The number of benzene rings is 2. The zero-order valence-corrected chi connectivity index (χ0v) is 14.6. The van der Waals surface area contributed by atoms with Gasteiger partial charge in [-0.3, -0.25) is 9.59 Å². The summed E-state index contributed by atoms with van der Waals surface area (Å²) in [4.78, 5) is 36.9. The highest BCUT2D eigenvalue weighted by atomic mass is 16.4. The second-order valence-electron chi connectivity index (χ2n) is 5.99. The van der Waals surface area contributed by atoms with Gasteiger partial charge in [0, 0.05) is 13.5 Å². The summed E-state index contributed by atoms with van der Waals surface area (Å²) < 4.78 is 0. The summed E-state index contributed by atoms with van der Waals surface area (Å²) in [5, 5.41) is 12.0. The molecule has 1 atom stereocenters. The van der Waals surface area contributed by atoms with Crippen molar-refractivity contribution in [2.75, 3.05) is 13.6 Å². The van der Waals surface area contributed by atoms with Crippen LogP contribution in [0.3, 0.4) is 0 Å². The van der Waals surface area contributed by atoms with Crippen molar-refractivity contribution < 1.29 is 19.5 Å². The number of aliphatic carboxylic acids is 1. The summed E-state index contributed by atoms with van der Waals surface area (Å²) in [7, 11) is 1.44. The van der Waals surface area contributed by atoms with Crippen LogP contribution in [0, 0.1) is 0 Å². The number of carbonyl (C=O) groups excluding carboxylic acids is 2. The molecule has 0 radical (unpaired) electrons. The van der Waals surface area contributed by atoms with E-state index in [1.807, 2.05) is 60.7 Å². The molecule has 2 N–H and O–H groups in total. The lowest BCUT2D eigenvalue weighted by molar-refractivity contribution is -0.148. The van der Waals surface area contributed by atoms with E-state index in [1.54, 1.807) is 0 Å². The Morgan fingerprint density at radius 3 is 2.04 bits per heavy atom. The predicted octanol–water partition coefficient (Wildman–Crippen LogP) is 1.50. The van der Waals surface area contributed by atoms with Crippen molar-refractivity contribution in [3.05, 3.63) is 71.8 Å². The van der Waals surface area contributed by atoms with Gasteiger partial charge in [0.2, 0.25) is 11.8 Å². The molecule has 0 aliphatic heterocycles. The number of nitrogens with one attached hydrogen (secondary N) is 1. The Balaban J connectivity index is 1.89. The number of hydrogen-bond donors (Lipinski definition) is 2. The van der Waals surface area contributed by atoms with E-state index in [2.05, 4.69) is 5.32 Å². The van der Waals surface area contributed by atoms with Gasteiger partial charge in [0.1, 0.15) is 6.04 Å². The minimum absolute atomic E-state index is 0.171. The second kappa shape index (κ2) is 9.36. The summed E-state index contributed by atoms with van der Waals surface area (Å²) in [5.41, 5.74) is 1.67. The Bertz CT molecular complexity index is 747. The molecule has 1 unspecified atom stereocenters. The Labute approximate surface area is 152 Å². The first-order valence-corrected chi connectivity index (χ1v) is 8.30. The molecule has 0 aliphatic rings. The highest BCUT2D eigenvalue weighted by Crippen LogP contribution is 2.08. The van der Waals surface area contributed by atoms with Gasteiger partial charge in [-0.15, -0.1) is 0 Å². The molecule has 0 fully saturated rings. The van der Waals surface area contributed by atoms with E-state index >= 15 is 0 Å². The topological polar surface area (TPSA) is 86.7 Å². The standard InChI is InChI=1S/C20H22N2O4/c1-22(17(20(25)26)12-15-8-4-2-5-9-15)19(24)14-21-18(23)13-16-10-6-3-7-11-16/h2-11,17H,12-14H2,1H3,(H,21,23)(H,25,26). The average molecular weight is 354 g/mol. The maximum Gasteiger partial charge on any atom is 0.326 e. The lowest BCUT2D eigenvalue weighted by Crippen LogP contribution is -2.47. The Morgan fingerprint density at radius 1 is 0.962 bits per heavy atom. The van der Waals surface area contributed by atoms with Gasteiger partial charge >= 0.3 is 5.97 Å². The highest BCUT2D eigenvalue weighted by Gasteiger charge is 2.26. The van der Waals surface area contributed by atoms with Crippen LogP contribution in [0.5, 0.6) is 0 Å². The lowest BCUT2D eigenvalue weighted by Gasteiger charge is -2.25. The molecule has 2 aromatic carbocycles. The minimum Gasteiger partial charge on any atom is -0.480 e. The van der Waals surface area contributed by atoms with Crippen molar-refractivity contribution in [2.24, 2.45) is 0 Å². The van der Waals surface area contributed by atoms with Crippen LogP contribution in [-0.2, 0) is 27.2 Å². The molecule has 0 bridgehead atoms. The zero-order chi connectivity index (χ0) is 18.9. The van der Waals surface area contributed by atoms with Gasteiger partial charge in [-0.2, -0.15) is 0 Å². The molecular formula is C20H22N2O4. The number of carbonyl (C=O) groups is 3. The summed E-state index contributed by atoms with van der Waals surface area (Å²) in [6.07, 6.45) is 0.376. The fraction of sp³-hybridized carbons (Fsp3) is 0.250. The predicted molar refractivity (Wildman–Crippen MR) is 97.5 cm³/mol. The minimum atomic E-state index is -1.08. The van der Waals surface area contributed by atoms with Crippen LogP contribution >= 0.6 is 0 Å². The van der Waals surface area contributed by atoms with E-state index in [9.17, 15) is 19.5 Å². The van der Waals surface area contributed by atoms with Gasteiger partial charge in [0.05, 0.1) is 13.0 Å². The van der Waals surface area contributed by atoms with Crippen molar-refractivity contribution in [3.63, 3.8) is 0 Å². The first kappa shape index (κ1) is 19.2. The van der Waals surface area contributed by atoms with Gasteiger partial charge in [-0.25, -0.2) is 4.79 Å². The van der Waals surface area contributed by atoms with Crippen molar-refractivity contribution >= 4 is 17.8 Å². The smallest absolute Gasteiger partial charge is 0.326 e. The number of carboxylic acid groups (broad SMARTS) is 1. The number of nitrogens with zero attached hydrogens (tertiary/aromatic N) is 1. The summed E-state index contributed by atoms with van der Waals surface area (Å²) in [6.45, 7) is -0.235. The van der Waals surface area contributed by atoms with E-state index < -0.39 is 17.9 Å². The first-order chi connectivity index (χ1) is 12.5. The molecule has 0 heterocycles. The van der Waals surface area contributed by atoms with Crippen LogP contribution in [0.1, 0.15) is 11.1 Å². The van der Waals surface area contributed by atoms with Crippen LogP contribution in [0.2, 0.25) is 0 Å². The second-order valence-corrected chi connectivity index (χ2v) is 5.99. The van der Waals surface area contributed by atoms with E-state index in [0.29, 0.717) is 0 Å². The van der Waals surface area contributed by atoms with Gasteiger partial charge in [0.15, 0.2) is 0 Å². The van der Waals surface area contributed by atoms with E-state index in [-0.39, 0.29) is 25.3 Å². The van der Waals surface area contributed by atoms with Crippen LogP contribution < -0.4 is 5.32 Å². The zero-order valence-electron chi connectivity index (χ0n) is 14.6. The van der Waals surface area contributed by atoms with Gasteiger partial charge in [0.25, 0.3) is 0 Å². The monoisotopic (exact) mass is 354 g/mol. The summed E-state index contributed by atoms with van der Waals surface area (Å²) >= 11 is 0. The number of amides is 2. The van der Waals surface area contributed by atoms with E-state index in [1.165, 1.54) is 7.05 Å². The van der Waals surface area contributed by atoms with Crippen molar-refractivity contribution in [1.82, 2.24) is 10.2 Å². The molecule has 2 rings (SSSR count). The first-order valence-electron chi connectivity index (χ1n) is 8.30. The quantitative estimate of drug-likeness (QED) is 0.752. The van der Waals surface area contributed by atoms with Gasteiger partial charge < -0.3 is 15.3 Å². The van der Waals surface area contributed by atoms with Crippen molar-refractivity contribution in [3.8, 4) is 0 Å². The van der Waals surface area contributed by atoms with Crippen LogP contribution in [0.15, 0.2) is 60.7 Å². The molecule has 2 amide bonds. The summed E-state index contributed by atoms with van der Waals surface area (Å²) in [5.74, 6) is -1.82. The van der Waals surface area contributed by atoms with E-state index in [4.69, 9.17) is 0 Å². The normalized spacial score (nSPS) is 11.4. The molecule has 0 aromatic heterocycles. The Morgan fingerprint density at radius 2 is 1.50 bits per heavy atom. The number of rotatable bonds is 8. The third-order valence-electron chi connectivity index (χ3n) is 4.06. The van der Waals surface area contributed by atoms with Crippen LogP contribution in [0.25, 0.3) is 0 Å². The number of hydrogen-bond acceptors (Lipinski definition) is 3. The maximum absolute atomic E-state index is 12.3.